The van der Waals surface area contributed by atoms with E-state index in [1.807, 2.05) is 17.4 Å². The number of aromatic nitrogens is 3. The lowest BCUT2D eigenvalue weighted by Gasteiger charge is -2.14. The van der Waals surface area contributed by atoms with Crippen LogP contribution in [0.5, 0.6) is 0 Å². The van der Waals surface area contributed by atoms with Crippen LogP contribution in [0.3, 0.4) is 0 Å². The molecule has 3 heterocycles. The van der Waals surface area contributed by atoms with E-state index >= 15 is 0 Å². The first-order valence-corrected chi connectivity index (χ1v) is 19.8. The van der Waals surface area contributed by atoms with Crippen LogP contribution in [-0.2, 0) is 0 Å². The van der Waals surface area contributed by atoms with E-state index in [4.69, 9.17) is 9.97 Å². The van der Waals surface area contributed by atoms with Crippen molar-refractivity contribution in [2.75, 3.05) is 0 Å². The average molecular weight is 730 g/mol. The molecule has 9 aromatic carbocycles. The second-order valence-electron chi connectivity index (χ2n) is 14.5. The molecule has 0 amide bonds. The van der Waals surface area contributed by atoms with Crippen molar-refractivity contribution in [2.24, 2.45) is 0 Å². The van der Waals surface area contributed by atoms with Gasteiger partial charge >= 0.3 is 0 Å². The quantitative estimate of drug-likeness (QED) is 0.169. The van der Waals surface area contributed by atoms with E-state index < -0.39 is 0 Å². The first kappa shape index (κ1) is 31.2. The summed E-state index contributed by atoms with van der Waals surface area (Å²) in [5.74, 6) is 1.54. The van der Waals surface area contributed by atoms with E-state index in [1.165, 1.54) is 74.4 Å². The monoisotopic (exact) mass is 729 g/mol. The smallest absolute Gasteiger partial charge is 0.162 e. The zero-order valence-electron chi connectivity index (χ0n) is 30.1. The SMILES string of the molecule is c1ccc(-c2cc(-n3c4ccc(-c5cc6ccccc6c6ccccc56)cc4c4c5sc6ccccc6c5c5ccccc5c43)nc(-c3ccccc3)n2)cc1. The van der Waals surface area contributed by atoms with Crippen molar-refractivity contribution in [1.82, 2.24) is 14.5 Å². The van der Waals surface area contributed by atoms with E-state index in [2.05, 4.69) is 187 Å². The Kier molecular flexibility index (Phi) is 6.80. The van der Waals surface area contributed by atoms with E-state index in [0.29, 0.717) is 5.82 Å². The molecule has 0 radical (unpaired) electrons. The van der Waals surface area contributed by atoms with Crippen molar-refractivity contribution in [3.8, 4) is 39.6 Å². The van der Waals surface area contributed by atoms with Gasteiger partial charge in [0.1, 0.15) is 5.82 Å². The van der Waals surface area contributed by atoms with Crippen molar-refractivity contribution in [3.05, 3.63) is 188 Å². The van der Waals surface area contributed by atoms with Gasteiger partial charge in [-0.05, 0) is 62.3 Å². The minimum Gasteiger partial charge on any atom is -0.293 e. The predicted octanol–water partition coefficient (Wildman–Crippen LogP) is 14.4. The highest BCUT2D eigenvalue weighted by Gasteiger charge is 2.24. The van der Waals surface area contributed by atoms with Crippen molar-refractivity contribution >= 4 is 85.6 Å². The van der Waals surface area contributed by atoms with Crippen molar-refractivity contribution < 1.29 is 0 Å². The summed E-state index contributed by atoms with van der Waals surface area (Å²) in [6.07, 6.45) is 0. The number of benzene rings is 9. The number of hydrogen-bond donors (Lipinski definition) is 0. The van der Waals surface area contributed by atoms with Crippen molar-refractivity contribution in [3.63, 3.8) is 0 Å². The summed E-state index contributed by atoms with van der Waals surface area (Å²) >= 11 is 1.89. The summed E-state index contributed by atoms with van der Waals surface area (Å²) in [6.45, 7) is 0. The Bertz CT molecular complexity index is 3470. The largest absolute Gasteiger partial charge is 0.293 e. The van der Waals surface area contributed by atoms with Crippen LogP contribution >= 0.6 is 11.3 Å². The molecule has 0 saturated heterocycles. The lowest BCUT2D eigenvalue weighted by molar-refractivity contribution is 1.05. The maximum atomic E-state index is 5.41. The maximum Gasteiger partial charge on any atom is 0.162 e. The molecule has 12 aromatic rings. The molecule has 12 rings (SSSR count). The molecule has 0 aliphatic rings. The molecule has 0 fully saturated rings. The Balaban J connectivity index is 1.26. The van der Waals surface area contributed by atoms with Crippen LogP contribution < -0.4 is 0 Å². The first-order chi connectivity index (χ1) is 27.8. The third-order valence-corrected chi connectivity index (χ3v) is 12.6. The molecule has 3 aromatic heterocycles. The number of rotatable bonds is 4. The third kappa shape index (κ3) is 4.63. The molecule has 0 N–H and O–H groups in total. The Morgan fingerprint density at radius 2 is 1.05 bits per heavy atom. The molecule has 0 unspecified atom stereocenters. The summed E-state index contributed by atoms with van der Waals surface area (Å²) in [7, 11) is 0. The Morgan fingerprint density at radius 1 is 0.411 bits per heavy atom. The van der Waals surface area contributed by atoms with Crippen LogP contribution in [0.2, 0.25) is 0 Å². The molecule has 0 atom stereocenters. The number of fused-ring (bicyclic) bond motifs is 13. The predicted molar refractivity (Wildman–Crippen MR) is 238 cm³/mol. The first-order valence-electron chi connectivity index (χ1n) is 19.0. The second kappa shape index (κ2) is 12.2. The standard InChI is InChI=1S/C52H31N3S/c1-3-15-32(16-4-1)44-31-47(54-52(53-44)33-17-5-2-6-18-33)55-45-28-27-35(42-29-34-19-7-8-20-36(34)37-21-9-10-22-38(37)42)30-43(45)49-50(55)40-24-12-11-23-39(40)48-41-25-13-14-26-46(41)56-51(48)49/h1-31H. The highest BCUT2D eigenvalue weighted by atomic mass is 32.1. The summed E-state index contributed by atoms with van der Waals surface area (Å²) in [6, 6.07) is 67.7. The van der Waals surface area contributed by atoms with Gasteiger partial charge in [0, 0.05) is 53.5 Å². The number of hydrogen-bond acceptors (Lipinski definition) is 3. The zero-order valence-corrected chi connectivity index (χ0v) is 31.0. The van der Waals surface area contributed by atoms with Crippen LogP contribution in [0.4, 0.5) is 0 Å². The van der Waals surface area contributed by atoms with Gasteiger partial charge in [0.15, 0.2) is 5.82 Å². The molecule has 56 heavy (non-hydrogen) atoms. The van der Waals surface area contributed by atoms with Crippen LogP contribution in [0.1, 0.15) is 0 Å². The summed E-state index contributed by atoms with van der Waals surface area (Å²) in [5.41, 5.74) is 7.61. The highest BCUT2D eigenvalue weighted by molar-refractivity contribution is 7.27. The normalized spacial score (nSPS) is 11.9. The Hall–Kier alpha value is -7.14. The van der Waals surface area contributed by atoms with Gasteiger partial charge in [-0.25, -0.2) is 9.97 Å². The molecule has 0 aliphatic heterocycles. The summed E-state index contributed by atoms with van der Waals surface area (Å²) in [4.78, 5) is 10.6. The Morgan fingerprint density at radius 3 is 1.86 bits per heavy atom. The minimum absolute atomic E-state index is 0.698. The van der Waals surface area contributed by atoms with Gasteiger partial charge in [0.25, 0.3) is 0 Å². The topological polar surface area (TPSA) is 30.7 Å². The highest BCUT2D eigenvalue weighted by Crippen LogP contribution is 2.49. The average Bonchev–Trinajstić information content (AvgIpc) is 3.83. The molecule has 0 aliphatic carbocycles. The lowest BCUT2D eigenvalue weighted by Crippen LogP contribution is -2.03. The van der Waals surface area contributed by atoms with Crippen molar-refractivity contribution in [2.45, 2.75) is 0 Å². The van der Waals surface area contributed by atoms with Crippen LogP contribution in [-0.4, -0.2) is 14.5 Å². The van der Waals surface area contributed by atoms with Gasteiger partial charge in [-0.3, -0.25) is 4.57 Å². The van der Waals surface area contributed by atoms with E-state index in [-0.39, 0.29) is 0 Å². The molecule has 0 saturated carbocycles. The fourth-order valence-corrected chi connectivity index (χ4v) is 10.2. The second-order valence-corrected chi connectivity index (χ2v) is 15.5. The van der Waals surface area contributed by atoms with Gasteiger partial charge in [0.2, 0.25) is 0 Å². The van der Waals surface area contributed by atoms with Gasteiger partial charge in [0.05, 0.1) is 16.7 Å². The van der Waals surface area contributed by atoms with Gasteiger partial charge < -0.3 is 0 Å². The fraction of sp³-hybridized carbons (Fsp3) is 0. The molecular formula is C52H31N3S. The van der Waals surface area contributed by atoms with Gasteiger partial charge in [-0.1, -0.05) is 158 Å². The molecule has 0 spiro atoms. The molecule has 4 heteroatoms. The Labute approximate surface area is 326 Å². The molecule has 0 bridgehead atoms. The zero-order chi connectivity index (χ0) is 36.7. The number of nitrogens with zero attached hydrogens (tertiary/aromatic N) is 3. The number of thiophene rings is 1. The summed E-state index contributed by atoms with van der Waals surface area (Å²) < 4.78 is 4.99. The van der Waals surface area contributed by atoms with Crippen LogP contribution in [0.25, 0.3) is 114 Å². The van der Waals surface area contributed by atoms with Crippen molar-refractivity contribution in [1.29, 1.82) is 0 Å². The summed E-state index contributed by atoms with van der Waals surface area (Å²) in [5, 5.41) is 12.5. The fourth-order valence-electron chi connectivity index (χ4n) is 8.89. The third-order valence-electron chi connectivity index (χ3n) is 11.4. The molecule has 260 valence electrons. The minimum atomic E-state index is 0.698. The molecular weight excluding hydrogens is 699 g/mol. The van der Waals surface area contributed by atoms with E-state index in [0.717, 1.165) is 33.7 Å². The maximum absolute atomic E-state index is 5.41. The van der Waals surface area contributed by atoms with Gasteiger partial charge in [-0.2, -0.15) is 0 Å². The lowest BCUT2D eigenvalue weighted by atomic mass is 9.92. The van der Waals surface area contributed by atoms with Crippen LogP contribution in [0, 0.1) is 0 Å². The molecule has 3 nitrogen and oxygen atoms in total. The van der Waals surface area contributed by atoms with Crippen LogP contribution in [0.15, 0.2) is 188 Å². The van der Waals surface area contributed by atoms with E-state index in [1.54, 1.807) is 0 Å². The van der Waals surface area contributed by atoms with Gasteiger partial charge in [-0.15, -0.1) is 11.3 Å². The van der Waals surface area contributed by atoms with E-state index in [9.17, 15) is 0 Å².